The number of fused-ring (bicyclic) bond motifs is 1. The zero-order valence-electron chi connectivity index (χ0n) is 17.9. The molecule has 0 aliphatic carbocycles. The Morgan fingerprint density at radius 3 is 2.79 bits per heavy atom. The SMILES string of the molecule is CCOC[C@]1(Cn2cnc3ccncc32)CCN(C(C)(C)c2ccc(C)nc2)C1. The molecule has 1 aliphatic heterocycles. The van der Waals surface area contributed by atoms with Gasteiger partial charge in [-0.15, -0.1) is 0 Å². The number of rotatable bonds is 7. The topological polar surface area (TPSA) is 56.1 Å². The number of aryl methyl sites for hydroxylation is 1. The van der Waals surface area contributed by atoms with Gasteiger partial charge in [0.2, 0.25) is 0 Å². The van der Waals surface area contributed by atoms with Crippen molar-refractivity contribution in [2.75, 3.05) is 26.3 Å². The maximum absolute atomic E-state index is 5.98. The molecule has 0 aromatic carbocycles. The van der Waals surface area contributed by atoms with Gasteiger partial charge in [0, 0.05) is 48.7 Å². The zero-order valence-corrected chi connectivity index (χ0v) is 17.9. The van der Waals surface area contributed by atoms with E-state index >= 15 is 0 Å². The number of pyridine rings is 2. The minimum Gasteiger partial charge on any atom is -0.381 e. The highest BCUT2D eigenvalue weighted by Gasteiger charge is 2.44. The number of likely N-dealkylation sites (tertiary alicyclic amines) is 1. The number of hydrogen-bond donors (Lipinski definition) is 0. The number of imidazole rings is 1. The van der Waals surface area contributed by atoms with Crippen molar-refractivity contribution in [3.05, 3.63) is 54.4 Å². The zero-order chi connectivity index (χ0) is 20.5. The van der Waals surface area contributed by atoms with E-state index in [1.54, 1.807) is 6.20 Å². The molecule has 1 fully saturated rings. The van der Waals surface area contributed by atoms with Crippen LogP contribution >= 0.6 is 0 Å². The maximum Gasteiger partial charge on any atom is 0.0958 e. The molecule has 0 unspecified atom stereocenters. The van der Waals surface area contributed by atoms with Gasteiger partial charge in [-0.2, -0.15) is 0 Å². The summed E-state index contributed by atoms with van der Waals surface area (Å²) in [5.41, 5.74) is 4.36. The first kappa shape index (κ1) is 20.0. The normalized spacial score (nSPS) is 20.6. The van der Waals surface area contributed by atoms with Gasteiger partial charge in [0.1, 0.15) is 0 Å². The predicted molar refractivity (Wildman–Crippen MR) is 115 cm³/mol. The average Bonchev–Trinajstić information content (AvgIpc) is 3.33. The minimum absolute atomic E-state index is 0.0505. The van der Waals surface area contributed by atoms with Crippen LogP contribution in [0.3, 0.4) is 0 Å². The third-order valence-corrected chi connectivity index (χ3v) is 6.39. The Hall–Kier alpha value is -2.31. The lowest BCUT2D eigenvalue weighted by atomic mass is 9.87. The second kappa shape index (κ2) is 7.84. The van der Waals surface area contributed by atoms with Gasteiger partial charge >= 0.3 is 0 Å². The van der Waals surface area contributed by atoms with E-state index in [2.05, 4.69) is 57.3 Å². The summed E-state index contributed by atoms with van der Waals surface area (Å²) >= 11 is 0. The van der Waals surface area contributed by atoms with E-state index in [1.165, 1.54) is 5.56 Å². The molecular weight excluding hydrogens is 362 g/mol. The summed E-state index contributed by atoms with van der Waals surface area (Å²) in [6.45, 7) is 13.1. The first-order chi connectivity index (χ1) is 13.9. The van der Waals surface area contributed by atoms with E-state index in [0.717, 1.165) is 56.0 Å². The van der Waals surface area contributed by atoms with Crippen molar-refractivity contribution in [2.24, 2.45) is 5.41 Å². The van der Waals surface area contributed by atoms with Crippen LogP contribution in [0.1, 0.15) is 38.4 Å². The molecule has 1 atom stereocenters. The first-order valence-electron chi connectivity index (χ1n) is 10.4. The second-order valence-electron chi connectivity index (χ2n) is 8.79. The summed E-state index contributed by atoms with van der Waals surface area (Å²) in [4.78, 5) is 16.0. The van der Waals surface area contributed by atoms with Crippen LogP contribution in [0.15, 0.2) is 43.1 Å². The van der Waals surface area contributed by atoms with E-state index in [9.17, 15) is 0 Å². The Balaban J connectivity index is 1.60. The highest BCUT2D eigenvalue weighted by atomic mass is 16.5. The van der Waals surface area contributed by atoms with Crippen molar-refractivity contribution in [3.63, 3.8) is 0 Å². The molecule has 154 valence electrons. The van der Waals surface area contributed by atoms with Crippen LogP contribution in [0.4, 0.5) is 0 Å². The summed E-state index contributed by atoms with van der Waals surface area (Å²) in [6, 6.07) is 6.28. The molecule has 3 aromatic heterocycles. The van der Waals surface area contributed by atoms with Gasteiger partial charge in [0.15, 0.2) is 0 Å². The fraction of sp³-hybridized carbons (Fsp3) is 0.522. The molecule has 0 N–H and O–H groups in total. The van der Waals surface area contributed by atoms with Crippen molar-refractivity contribution >= 4 is 11.0 Å². The number of aromatic nitrogens is 4. The van der Waals surface area contributed by atoms with E-state index in [4.69, 9.17) is 4.74 Å². The van der Waals surface area contributed by atoms with Crippen LogP contribution in [-0.4, -0.2) is 50.7 Å². The second-order valence-corrected chi connectivity index (χ2v) is 8.79. The lowest BCUT2D eigenvalue weighted by Crippen LogP contribution is -2.43. The van der Waals surface area contributed by atoms with E-state index in [-0.39, 0.29) is 11.0 Å². The molecule has 6 heteroatoms. The van der Waals surface area contributed by atoms with Crippen LogP contribution in [0.25, 0.3) is 11.0 Å². The first-order valence-corrected chi connectivity index (χ1v) is 10.4. The molecule has 0 radical (unpaired) electrons. The fourth-order valence-electron chi connectivity index (χ4n) is 4.43. The molecule has 3 aromatic rings. The predicted octanol–water partition coefficient (Wildman–Crippen LogP) is 3.80. The third kappa shape index (κ3) is 3.91. The van der Waals surface area contributed by atoms with Gasteiger partial charge < -0.3 is 9.30 Å². The smallest absolute Gasteiger partial charge is 0.0958 e. The van der Waals surface area contributed by atoms with E-state index < -0.39 is 0 Å². The Bertz CT molecular complexity index is 965. The highest BCUT2D eigenvalue weighted by Crippen LogP contribution is 2.40. The summed E-state index contributed by atoms with van der Waals surface area (Å²) in [5.74, 6) is 0. The van der Waals surface area contributed by atoms with Gasteiger partial charge in [-0.1, -0.05) is 6.07 Å². The van der Waals surface area contributed by atoms with E-state index in [0.29, 0.717) is 0 Å². The quantitative estimate of drug-likeness (QED) is 0.611. The van der Waals surface area contributed by atoms with Crippen LogP contribution in [-0.2, 0) is 16.8 Å². The molecule has 29 heavy (non-hydrogen) atoms. The largest absolute Gasteiger partial charge is 0.381 e. The molecule has 0 amide bonds. The lowest BCUT2D eigenvalue weighted by molar-refractivity contribution is 0.0339. The monoisotopic (exact) mass is 393 g/mol. The van der Waals surface area contributed by atoms with Gasteiger partial charge in [0.25, 0.3) is 0 Å². The van der Waals surface area contributed by atoms with Gasteiger partial charge in [0.05, 0.1) is 30.2 Å². The maximum atomic E-state index is 5.98. The summed E-state index contributed by atoms with van der Waals surface area (Å²) in [7, 11) is 0. The van der Waals surface area contributed by atoms with Crippen molar-refractivity contribution in [3.8, 4) is 0 Å². The molecule has 6 nitrogen and oxygen atoms in total. The standard InChI is InChI=1S/C23H31N5O/c1-5-29-16-23(14-27-17-26-20-8-10-24-13-21(20)27)9-11-28(15-23)22(3,4)19-7-6-18(2)25-12-19/h6-8,10,12-13,17H,5,9,11,14-16H2,1-4H3/t23-/m0/s1. The fourth-order valence-corrected chi connectivity index (χ4v) is 4.43. The molecule has 0 saturated carbocycles. The van der Waals surface area contributed by atoms with Crippen molar-refractivity contribution in [1.29, 1.82) is 0 Å². The average molecular weight is 394 g/mol. The summed E-state index contributed by atoms with van der Waals surface area (Å²) in [5, 5.41) is 0. The van der Waals surface area contributed by atoms with Crippen molar-refractivity contribution in [2.45, 2.75) is 46.2 Å². The Labute approximate surface area is 172 Å². The molecule has 4 heterocycles. The summed E-state index contributed by atoms with van der Waals surface area (Å²) in [6.07, 6.45) is 8.76. The molecule has 1 aliphatic rings. The Morgan fingerprint density at radius 2 is 2.03 bits per heavy atom. The Kier molecular flexibility index (Phi) is 5.40. The Morgan fingerprint density at radius 1 is 1.17 bits per heavy atom. The number of ether oxygens (including phenoxy) is 1. The van der Waals surface area contributed by atoms with Crippen LogP contribution in [0.2, 0.25) is 0 Å². The lowest BCUT2D eigenvalue weighted by Gasteiger charge is -2.38. The summed E-state index contributed by atoms with van der Waals surface area (Å²) < 4.78 is 8.22. The molecule has 1 saturated heterocycles. The molecule has 4 rings (SSSR count). The highest BCUT2D eigenvalue weighted by molar-refractivity contribution is 5.73. The van der Waals surface area contributed by atoms with Crippen molar-refractivity contribution < 1.29 is 4.74 Å². The van der Waals surface area contributed by atoms with Crippen LogP contribution in [0, 0.1) is 12.3 Å². The third-order valence-electron chi connectivity index (χ3n) is 6.39. The molecular formula is C23H31N5O. The van der Waals surface area contributed by atoms with Gasteiger partial charge in [-0.3, -0.25) is 14.9 Å². The van der Waals surface area contributed by atoms with E-state index in [1.807, 2.05) is 31.7 Å². The molecule has 0 bridgehead atoms. The van der Waals surface area contributed by atoms with Crippen molar-refractivity contribution in [1.82, 2.24) is 24.4 Å². The number of hydrogen-bond acceptors (Lipinski definition) is 5. The molecule has 0 spiro atoms. The van der Waals surface area contributed by atoms with Crippen LogP contribution < -0.4 is 0 Å². The van der Waals surface area contributed by atoms with Gasteiger partial charge in [-0.25, -0.2) is 4.98 Å². The number of nitrogens with zero attached hydrogens (tertiary/aromatic N) is 5. The minimum atomic E-state index is -0.0762. The van der Waals surface area contributed by atoms with Crippen LogP contribution in [0.5, 0.6) is 0 Å². The van der Waals surface area contributed by atoms with Gasteiger partial charge in [-0.05, 0) is 58.4 Å².